The van der Waals surface area contributed by atoms with Crippen molar-refractivity contribution in [1.29, 1.82) is 0 Å². The maximum absolute atomic E-state index is 12.2. The summed E-state index contributed by atoms with van der Waals surface area (Å²) < 4.78 is 42.0. The van der Waals surface area contributed by atoms with Gasteiger partial charge in [0.05, 0.1) is 16.9 Å². The van der Waals surface area contributed by atoms with Gasteiger partial charge in [-0.15, -0.1) is 13.2 Å². The van der Waals surface area contributed by atoms with Crippen LogP contribution >= 0.6 is 0 Å². The van der Waals surface area contributed by atoms with Crippen molar-refractivity contribution >= 4 is 10.9 Å². The minimum Gasteiger partial charge on any atom is -0.406 e. The Labute approximate surface area is 123 Å². The number of rotatable bonds is 3. The number of benzene rings is 2. The summed E-state index contributed by atoms with van der Waals surface area (Å²) in [5, 5.41) is 5.33. The summed E-state index contributed by atoms with van der Waals surface area (Å²) in [4.78, 5) is 0. The Morgan fingerprint density at radius 2 is 1.73 bits per heavy atom. The zero-order valence-electron chi connectivity index (χ0n) is 11.3. The first-order valence-electron chi connectivity index (χ1n) is 6.51. The summed E-state index contributed by atoms with van der Waals surface area (Å²) in [5.41, 5.74) is 7.88. The monoisotopic (exact) mass is 307 g/mol. The van der Waals surface area contributed by atoms with Crippen molar-refractivity contribution in [3.05, 3.63) is 54.2 Å². The number of nitrogens with two attached hydrogens (primary N) is 1. The second kappa shape index (κ2) is 5.34. The highest BCUT2D eigenvalue weighted by Crippen LogP contribution is 2.26. The number of halogens is 3. The molecule has 22 heavy (non-hydrogen) atoms. The molecule has 0 amide bonds. The van der Waals surface area contributed by atoms with Gasteiger partial charge in [0.15, 0.2) is 0 Å². The van der Waals surface area contributed by atoms with Crippen LogP contribution < -0.4 is 10.5 Å². The Bertz CT molecular complexity index is 794. The summed E-state index contributed by atoms with van der Waals surface area (Å²) in [6.45, 7) is 0.281. The van der Waals surface area contributed by atoms with Crippen LogP contribution in [0.25, 0.3) is 16.6 Å². The van der Waals surface area contributed by atoms with Crippen LogP contribution in [0.15, 0.2) is 48.5 Å². The SMILES string of the molecule is NCc1nn(-c2ccc(OC(F)(F)F)cc2)c2ccccc12. The Morgan fingerprint density at radius 1 is 1.05 bits per heavy atom. The van der Waals surface area contributed by atoms with Gasteiger partial charge in [-0.2, -0.15) is 5.10 Å². The molecule has 0 aliphatic carbocycles. The van der Waals surface area contributed by atoms with Crippen LogP contribution in [0, 0.1) is 0 Å². The van der Waals surface area contributed by atoms with Gasteiger partial charge in [-0.3, -0.25) is 0 Å². The van der Waals surface area contributed by atoms with E-state index in [9.17, 15) is 13.2 Å². The van der Waals surface area contributed by atoms with Gasteiger partial charge in [-0.05, 0) is 30.3 Å². The van der Waals surface area contributed by atoms with Crippen LogP contribution in [-0.4, -0.2) is 16.1 Å². The van der Waals surface area contributed by atoms with E-state index in [0.29, 0.717) is 5.69 Å². The van der Waals surface area contributed by atoms with Crippen molar-refractivity contribution in [3.8, 4) is 11.4 Å². The predicted octanol–water partition coefficient (Wildman–Crippen LogP) is 3.38. The lowest BCUT2D eigenvalue weighted by molar-refractivity contribution is -0.274. The maximum Gasteiger partial charge on any atom is 0.573 e. The normalized spacial score (nSPS) is 11.8. The Morgan fingerprint density at radius 3 is 2.36 bits per heavy atom. The van der Waals surface area contributed by atoms with Gasteiger partial charge in [-0.25, -0.2) is 4.68 Å². The zero-order chi connectivity index (χ0) is 15.7. The summed E-state index contributed by atoms with van der Waals surface area (Å²) in [5.74, 6) is -0.272. The van der Waals surface area contributed by atoms with Crippen LogP contribution in [0.5, 0.6) is 5.75 Å². The standard InChI is InChI=1S/C15H12F3N3O/c16-15(17,18)22-11-7-5-10(6-8-11)21-14-4-2-1-3-12(14)13(9-19)20-21/h1-8H,9,19H2. The van der Waals surface area contributed by atoms with E-state index in [1.165, 1.54) is 24.3 Å². The topological polar surface area (TPSA) is 53.1 Å². The minimum atomic E-state index is -4.70. The van der Waals surface area contributed by atoms with Crippen molar-refractivity contribution < 1.29 is 17.9 Å². The van der Waals surface area contributed by atoms with E-state index in [4.69, 9.17) is 5.73 Å². The van der Waals surface area contributed by atoms with Gasteiger partial charge in [0.25, 0.3) is 0 Å². The van der Waals surface area contributed by atoms with E-state index in [0.717, 1.165) is 16.6 Å². The van der Waals surface area contributed by atoms with Gasteiger partial charge in [0.1, 0.15) is 5.75 Å². The molecular weight excluding hydrogens is 295 g/mol. The maximum atomic E-state index is 12.2. The molecule has 0 aliphatic rings. The molecule has 3 rings (SSSR count). The molecule has 114 valence electrons. The molecule has 0 fully saturated rings. The minimum absolute atomic E-state index is 0.272. The van der Waals surface area contributed by atoms with E-state index < -0.39 is 6.36 Å². The lowest BCUT2D eigenvalue weighted by Crippen LogP contribution is -2.17. The van der Waals surface area contributed by atoms with E-state index in [-0.39, 0.29) is 12.3 Å². The molecule has 0 saturated carbocycles. The molecule has 0 aliphatic heterocycles. The molecule has 0 unspecified atom stereocenters. The number of aromatic nitrogens is 2. The first-order chi connectivity index (χ1) is 10.5. The van der Waals surface area contributed by atoms with Gasteiger partial charge in [0, 0.05) is 11.9 Å². The summed E-state index contributed by atoms with van der Waals surface area (Å²) >= 11 is 0. The van der Waals surface area contributed by atoms with E-state index in [2.05, 4.69) is 9.84 Å². The van der Waals surface area contributed by atoms with E-state index in [1.54, 1.807) is 4.68 Å². The molecule has 1 aromatic heterocycles. The highest BCUT2D eigenvalue weighted by Gasteiger charge is 2.31. The van der Waals surface area contributed by atoms with Crippen molar-refractivity contribution in [2.75, 3.05) is 0 Å². The lowest BCUT2D eigenvalue weighted by Gasteiger charge is -2.09. The lowest BCUT2D eigenvalue weighted by atomic mass is 10.2. The highest BCUT2D eigenvalue weighted by molar-refractivity contribution is 5.83. The third kappa shape index (κ3) is 2.75. The summed E-state index contributed by atoms with van der Waals surface area (Å²) in [7, 11) is 0. The first-order valence-corrected chi connectivity index (χ1v) is 6.51. The van der Waals surface area contributed by atoms with Crippen molar-refractivity contribution in [2.24, 2.45) is 5.73 Å². The Balaban J connectivity index is 2.01. The molecule has 2 aromatic carbocycles. The third-order valence-corrected chi connectivity index (χ3v) is 3.17. The van der Waals surface area contributed by atoms with Crippen LogP contribution in [0.4, 0.5) is 13.2 Å². The molecule has 3 aromatic rings. The molecule has 0 saturated heterocycles. The summed E-state index contributed by atoms with van der Waals surface area (Å²) in [6.07, 6.45) is -4.70. The predicted molar refractivity (Wildman–Crippen MR) is 75.6 cm³/mol. The highest BCUT2D eigenvalue weighted by atomic mass is 19.4. The van der Waals surface area contributed by atoms with Crippen molar-refractivity contribution in [1.82, 2.24) is 9.78 Å². The molecule has 2 N–H and O–H groups in total. The Kier molecular flexibility index (Phi) is 3.50. The van der Waals surface area contributed by atoms with Crippen LogP contribution in [0.1, 0.15) is 5.69 Å². The quantitative estimate of drug-likeness (QED) is 0.807. The van der Waals surface area contributed by atoms with Gasteiger partial charge < -0.3 is 10.5 Å². The smallest absolute Gasteiger partial charge is 0.406 e. The molecule has 0 bridgehead atoms. The fourth-order valence-corrected chi connectivity index (χ4v) is 2.27. The average Bonchev–Trinajstić information content (AvgIpc) is 2.85. The van der Waals surface area contributed by atoms with E-state index in [1.807, 2.05) is 24.3 Å². The van der Waals surface area contributed by atoms with Crippen molar-refractivity contribution in [2.45, 2.75) is 12.9 Å². The zero-order valence-corrected chi connectivity index (χ0v) is 11.3. The van der Waals surface area contributed by atoms with Crippen LogP contribution in [-0.2, 0) is 6.54 Å². The molecule has 4 nitrogen and oxygen atoms in total. The average molecular weight is 307 g/mol. The number of alkyl halides is 3. The number of para-hydroxylation sites is 1. The third-order valence-electron chi connectivity index (χ3n) is 3.17. The fraction of sp³-hybridized carbons (Fsp3) is 0.133. The van der Waals surface area contributed by atoms with Gasteiger partial charge in [0.2, 0.25) is 0 Å². The molecule has 0 radical (unpaired) electrons. The van der Waals surface area contributed by atoms with E-state index >= 15 is 0 Å². The Hall–Kier alpha value is -2.54. The first kappa shape index (κ1) is 14.4. The fourth-order valence-electron chi connectivity index (χ4n) is 2.27. The molecule has 0 spiro atoms. The molecule has 0 atom stereocenters. The number of hydrogen-bond donors (Lipinski definition) is 1. The van der Waals surface area contributed by atoms with Crippen molar-refractivity contribution in [3.63, 3.8) is 0 Å². The largest absolute Gasteiger partial charge is 0.573 e. The number of hydrogen-bond acceptors (Lipinski definition) is 3. The molecular formula is C15H12F3N3O. The molecule has 1 heterocycles. The van der Waals surface area contributed by atoms with Gasteiger partial charge >= 0.3 is 6.36 Å². The number of nitrogens with zero attached hydrogens (tertiary/aromatic N) is 2. The van der Waals surface area contributed by atoms with Gasteiger partial charge in [-0.1, -0.05) is 18.2 Å². The number of fused-ring (bicyclic) bond motifs is 1. The van der Waals surface area contributed by atoms with Crippen LogP contribution in [0.3, 0.4) is 0 Å². The second-order valence-corrected chi connectivity index (χ2v) is 4.62. The second-order valence-electron chi connectivity index (χ2n) is 4.62. The molecule has 7 heteroatoms. The van der Waals surface area contributed by atoms with Crippen LogP contribution in [0.2, 0.25) is 0 Å². The summed E-state index contributed by atoms with van der Waals surface area (Å²) in [6, 6.07) is 13.1. The number of ether oxygens (including phenoxy) is 1.